The normalized spacial score (nSPS) is 14.6. The van der Waals surface area contributed by atoms with E-state index in [1.807, 2.05) is 0 Å². The van der Waals surface area contributed by atoms with Gasteiger partial charge in [0, 0.05) is 41.2 Å². The van der Waals surface area contributed by atoms with Crippen molar-refractivity contribution in [2.24, 2.45) is 10.2 Å². The first kappa shape index (κ1) is 43.0. The lowest BCUT2D eigenvalue weighted by atomic mass is 10.0. The Bertz CT molecular complexity index is 1960. The van der Waals surface area contributed by atoms with Crippen LogP contribution in [-0.2, 0) is 14.4 Å². The van der Waals surface area contributed by atoms with E-state index in [2.05, 4.69) is 79.0 Å². The minimum atomic E-state index is -1.40. The minimum absolute atomic E-state index is 0.247. The summed E-state index contributed by atoms with van der Waals surface area (Å²) in [6.45, 7) is 15.9. The van der Waals surface area contributed by atoms with Crippen LogP contribution in [0.4, 0.5) is 11.4 Å². The Morgan fingerprint density at radius 2 is 1.36 bits per heavy atom. The van der Waals surface area contributed by atoms with Crippen molar-refractivity contribution in [1.29, 1.82) is 0 Å². The number of nitrogens with zero attached hydrogens (tertiary/aromatic N) is 4. The molecule has 16 nitrogen and oxygen atoms in total. The topological polar surface area (TPSA) is 213 Å². The summed E-state index contributed by atoms with van der Waals surface area (Å²) in [5, 5.41) is 19.5. The number of carbonyl (C=O) groups is 5. The van der Waals surface area contributed by atoms with E-state index >= 15 is 0 Å². The molecule has 2 aromatic carbocycles. The number of anilines is 2. The molecule has 2 atom stereocenters. The SMILES string of the molecule is CCN(CC)CCCNC(=O)c1cc(NC(=O)C2=CCC(N=NC(C(C)=O)C(=O)Nc3ccc4[nH]c(=O)[nH]c4c3)C=C2)cc(C(=O)NCCCN(CC)CC)c1. The number of fused-ring (bicyclic) bond motifs is 1. The van der Waals surface area contributed by atoms with Crippen LogP contribution in [0.3, 0.4) is 0 Å². The molecule has 0 aliphatic heterocycles. The van der Waals surface area contributed by atoms with Gasteiger partial charge in [-0.05, 0) is 102 Å². The van der Waals surface area contributed by atoms with Gasteiger partial charge in [-0.25, -0.2) is 4.79 Å². The van der Waals surface area contributed by atoms with Crippen molar-refractivity contribution in [2.45, 2.75) is 66.0 Å². The maximum Gasteiger partial charge on any atom is 0.323 e. The van der Waals surface area contributed by atoms with Gasteiger partial charge in [-0.2, -0.15) is 10.2 Å². The van der Waals surface area contributed by atoms with E-state index in [4.69, 9.17) is 0 Å². The summed E-state index contributed by atoms with van der Waals surface area (Å²) in [5.41, 5.74) is 2.14. The molecule has 16 heteroatoms. The predicted octanol–water partition coefficient (Wildman–Crippen LogP) is 4.02. The Kier molecular flexibility index (Phi) is 16.4. The molecule has 4 amide bonds. The van der Waals surface area contributed by atoms with E-state index in [-0.39, 0.29) is 40.7 Å². The molecule has 0 saturated heterocycles. The van der Waals surface area contributed by atoms with Crippen molar-refractivity contribution >= 4 is 51.8 Å². The number of nitrogens with one attached hydrogen (secondary N) is 6. The highest BCUT2D eigenvalue weighted by atomic mass is 16.2. The molecule has 56 heavy (non-hydrogen) atoms. The lowest BCUT2D eigenvalue weighted by Crippen LogP contribution is -2.32. The van der Waals surface area contributed by atoms with E-state index in [1.165, 1.54) is 13.0 Å². The maximum atomic E-state index is 13.4. The van der Waals surface area contributed by atoms with Crippen LogP contribution in [0.5, 0.6) is 0 Å². The van der Waals surface area contributed by atoms with Crippen LogP contribution in [0, 0.1) is 0 Å². The van der Waals surface area contributed by atoms with Crippen LogP contribution in [0.25, 0.3) is 11.0 Å². The lowest BCUT2D eigenvalue weighted by Gasteiger charge is -2.18. The van der Waals surface area contributed by atoms with E-state index in [0.717, 1.165) is 52.1 Å². The van der Waals surface area contributed by atoms with Crippen molar-refractivity contribution in [3.63, 3.8) is 0 Å². The Morgan fingerprint density at radius 1 is 0.768 bits per heavy atom. The molecule has 0 saturated carbocycles. The summed E-state index contributed by atoms with van der Waals surface area (Å²) in [6.07, 6.45) is 6.66. The number of H-pyrrole nitrogens is 2. The molecule has 300 valence electrons. The highest BCUT2D eigenvalue weighted by molar-refractivity contribution is 6.10. The van der Waals surface area contributed by atoms with Crippen LogP contribution < -0.4 is 27.0 Å². The van der Waals surface area contributed by atoms with Crippen LogP contribution >= 0.6 is 0 Å². The Morgan fingerprint density at radius 3 is 1.89 bits per heavy atom. The molecule has 0 spiro atoms. The number of hydrogen-bond acceptors (Lipinski definition) is 10. The van der Waals surface area contributed by atoms with Gasteiger partial charge >= 0.3 is 5.69 Å². The number of imidazole rings is 1. The zero-order valence-corrected chi connectivity index (χ0v) is 32.9. The Labute approximate surface area is 326 Å². The predicted molar refractivity (Wildman–Crippen MR) is 217 cm³/mol. The first-order valence-corrected chi connectivity index (χ1v) is 19.2. The Hall–Kier alpha value is -5.74. The van der Waals surface area contributed by atoms with Crippen LogP contribution in [0.15, 0.2) is 75.2 Å². The van der Waals surface area contributed by atoms with E-state index in [9.17, 15) is 28.8 Å². The average Bonchev–Trinajstić information content (AvgIpc) is 3.57. The minimum Gasteiger partial charge on any atom is -0.352 e. The van der Waals surface area contributed by atoms with Gasteiger partial charge in [-0.1, -0.05) is 45.9 Å². The number of benzene rings is 2. The van der Waals surface area contributed by atoms with Crippen molar-refractivity contribution in [2.75, 3.05) is 63.0 Å². The molecule has 6 N–H and O–H groups in total. The molecule has 1 aliphatic rings. The monoisotopic (exact) mass is 770 g/mol. The summed E-state index contributed by atoms with van der Waals surface area (Å²) in [7, 11) is 0. The number of Topliss-reactive ketones (excluding diaryl/α,β-unsaturated/α-hetero) is 1. The Balaban J connectivity index is 1.40. The van der Waals surface area contributed by atoms with E-state index in [1.54, 1.807) is 48.6 Å². The molecule has 0 radical (unpaired) electrons. The van der Waals surface area contributed by atoms with Gasteiger partial charge in [0.25, 0.3) is 23.6 Å². The maximum absolute atomic E-state index is 13.4. The van der Waals surface area contributed by atoms with Crippen molar-refractivity contribution in [1.82, 2.24) is 30.4 Å². The molecule has 0 bridgehead atoms. The molecule has 2 unspecified atom stereocenters. The number of carbonyl (C=O) groups excluding carboxylic acids is 5. The molecule has 1 heterocycles. The van der Waals surface area contributed by atoms with E-state index < -0.39 is 29.7 Å². The fourth-order valence-electron chi connectivity index (χ4n) is 6.11. The summed E-state index contributed by atoms with van der Waals surface area (Å²) in [4.78, 5) is 86.5. The molecule has 3 aromatic rings. The quantitative estimate of drug-likeness (QED) is 0.0528. The number of aromatic amines is 2. The van der Waals surface area contributed by atoms with Crippen LogP contribution in [0.2, 0.25) is 0 Å². The summed E-state index contributed by atoms with van der Waals surface area (Å²) < 4.78 is 0. The highest BCUT2D eigenvalue weighted by Gasteiger charge is 2.24. The largest absolute Gasteiger partial charge is 0.352 e. The van der Waals surface area contributed by atoms with Crippen molar-refractivity contribution in [3.05, 3.63) is 81.8 Å². The zero-order valence-electron chi connectivity index (χ0n) is 32.9. The fraction of sp³-hybridized carbons (Fsp3) is 0.450. The second-order valence-corrected chi connectivity index (χ2v) is 13.4. The zero-order chi connectivity index (χ0) is 40.6. The third-order valence-corrected chi connectivity index (χ3v) is 9.46. The molecule has 0 fully saturated rings. The first-order valence-electron chi connectivity index (χ1n) is 19.2. The van der Waals surface area contributed by atoms with Gasteiger partial charge in [-0.15, -0.1) is 0 Å². The molecule has 1 aromatic heterocycles. The number of rotatable bonds is 21. The number of hydrogen-bond donors (Lipinski definition) is 6. The second-order valence-electron chi connectivity index (χ2n) is 13.4. The number of azo groups is 1. The van der Waals surface area contributed by atoms with Crippen LogP contribution in [0.1, 0.15) is 74.6 Å². The fourth-order valence-corrected chi connectivity index (χ4v) is 6.11. The van der Waals surface area contributed by atoms with Gasteiger partial charge in [0.15, 0.2) is 5.78 Å². The van der Waals surface area contributed by atoms with Gasteiger partial charge in [0.05, 0.1) is 17.1 Å². The number of aromatic nitrogens is 2. The van der Waals surface area contributed by atoms with Crippen LogP contribution in [-0.4, -0.2) is 114 Å². The van der Waals surface area contributed by atoms with Gasteiger partial charge in [0.2, 0.25) is 6.04 Å². The first-order chi connectivity index (χ1) is 26.9. The number of ketones is 1. The standard InChI is InChI=1S/C40H54N10O6/c1-6-49(7-2)20-10-18-41-36(52)28-22-29(37(53)42-19-11-21-50(8-3)9-4)24-32(23-28)44-38(54)27-12-14-30(15-13-27)47-48-35(26(5)51)39(55)43-31-16-17-33-34(25-31)46-40(56)45-33/h12-14,16-17,22-25,30,35H,6-11,15,18-21H2,1-5H3,(H,41,52)(H,42,53)(H,43,55)(H,44,54)(H2,45,46,56). The second kappa shape index (κ2) is 21.4. The van der Waals surface area contributed by atoms with Gasteiger partial charge < -0.3 is 41.0 Å². The third kappa shape index (κ3) is 12.7. The smallest absolute Gasteiger partial charge is 0.323 e. The van der Waals surface area contributed by atoms with Crippen molar-refractivity contribution < 1.29 is 24.0 Å². The van der Waals surface area contributed by atoms with E-state index in [0.29, 0.717) is 35.4 Å². The summed E-state index contributed by atoms with van der Waals surface area (Å²) in [6, 6.07) is 7.45. The number of amides is 4. The van der Waals surface area contributed by atoms with Gasteiger partial charge in [-0.3, -0.25) is 24.0 Å². The molecule has 4 rings (SSSR count). The van der Waals surface area contributed by atoms with Gasteiger partial charge in [0.1, 0.15) is 0 Å². The summed E-state index contributed by atoms with van der Waals surface area (Å²) in [5.74, 6) is -2.35. The molecule has 1 aliphatic carbocycles. The average molecular weight is 771 g/mol. The van der Waals surface area contributed by atoms with Crippen molar-refractivity contribution in [3.8, 4) is 0 Å². The highest BCUT2D eigenvalue weighted by Crippen LogP contribution is 2.20. The summed E-state index contributed by atoms with van der Waals surface area (Å²) >= 11 is 0. The lowest BCUT2D eigenvalue weighted by molar-refractivity contribution is -0.126. The molecular formula is C40H54N10O6. The molecular weight excluding hydrogens is 717 g/mol. The third-order valence-electron chi connectivity index (χ3n) is 9.46.